The van der Waals surface area contributed by atoms with Crippen LogP contribution in [-0.4, -0.2) is 0 Å². The number of benzene rings is 2. The molecule has 3 heteroatoms. The van der Waals surface area contributed by atoms with Gasteiger partial charge in [-0.3, -0.25) is 0 Å². The predicted octanol–water partition coefficient (Wildman–Crippen LogP) is 5.08. The van der Waals surface area contributed by atoms with Crippen molar-refractivity contribution in [3.05, 3.63) is 54.6 Å². The Morgan fingerprint density at radius 3 is 1.80 bits per heavy atom. The third-order valence-electron chi connectivity index (χ3n) is 1.89. The molecule has 15 heavy (non-hydrogen) atoms. The number of rotatable bonds is 3. The van der Waals surface area contributed by atoms with E-state index in [1.54, 1.807) is 11.8 Å². The molecule has 0 atom stereocenters. The van der Waals surface area contributed by atoms with Gasteiger partial charge in [0.1, 0.15) is 0 Å². The molecular formula is C12H9ClS2. The average Bonchev–Trinajstić information content (AvgIpc) is 2.31. The van der Waals surface area contributed by atoms with Crippen molar-refractivity contribution in [1.29, 1.82) is 0 Å². The maximum absolute atomic E-state index is 5.65. The highest BCUT2D eigenvalue weighted by Crippen LogP contribution is 2.29. The van der Waals surface area contributed by atoms with Gasteiger partial charge in [0.05, 0.1) is 0 Å². The van der Waals surface area contributed by atoms with Gasteiger partial charge in [-0.1, -0.05) is 30.0 Å². The van der Waals surface area contributed by atoms with E-state index in [1.165, 1.54) is 20.8 Å². The zero-order valence-electron chi connectivity index (χ0n) is 7.89. The van der Waals surface area contributed by atoms with Crippen LogP contribution < -0.4 is 0 Å². The molecule has 2 rings (SSSR count). The van der Waals surface area contributed by atoms with Gasteiger partial charge < -0.3 is 0 Å². The van der Waals surface area contributed by atoms with Crippen LogP contribution >= 0.6 is 33.4 Å². The van der Waals surface area contributed by atoms with Crippen LogP contribution in [0.5, 0.6) is 0 Å². The summed E-state index contributed by atoms with van der Waals surface area (Å²) in [6, 6.07) is 18.6. The van der Waals surface area contributed by atoms with Crippen LogP contribution in [0, 0.1) is 0 Å². The molecule has 0 aliphatic carbocycles. The predicted molar refractivity (Wildman–Crippen MR) is 68.7 cm³/mol. The summed E-state index contributed by atoms with van der Waals surface area (Å²) in [6.45, 7) is 0. The van der Waals surface area contributed by atoms with Crippen LogP contribution in [-0.2, 0) is 0 Å². The molecule has 0 aliphatic rings. The van der Waals surface area contributed by atoms with Gasteiger partial charge in [0.2, 0.25) is 0 Å². The first-order valence-corrected chi connectivity index (χ1v) is 6.96. The Morgan fingerprint density at radius 2 is 1.20 bits per heavy atom. The lowest BCUT2D eigenvalue weighted by Gasteiger charge is -2.01. The van der Waals surface area contributed by atoms with Gasteiger partial charge in [-0.15, -0.1) is 0 Å². The first-order chi connectivity index (χ1) is 7.38. The lowest BCUT2D eigenvalue weighted by molar-refractivity contribution is 1.34. The third kappa shape index (κ3) is 3.20. The third-order valence-corrected chi connectivity index (χ3v) is 3.89. The molecule has 76 valence electrons. The summed E-state index contributed by atoms with van der Waals surface area (Å²) < 4.78 is 0. The maximum atomic E-state index is 5.65. The summed E-state index contributed by atoms with van der Waals surface area (Å²) >= 11 is 1.75. The quantitative estimate of drug-likeness (QED) is 0.747. The van der Waals surface area contributed by atoms with Gasteiger partial charge in [0.15, 0.2) is 0 Å². The minimum atomic E-state index is 1.08. The smallest absolute Gasteiger partial charge is 0.0234 e. The van der Waals surface area contributed by atoms with Crippen molar-refractivity contribution in [2.75, 3.05) is 0 Å². The Balaban J connectivity index is 2.11. The zero-order chi connectivity index (χ0) is 10.5. The molecule has 0 spiro atoms. The highest BCUT2D eigenvalue weighted by Gasteiger charge is 1.96. The molecular weight excluding hydrogens is 244 g/mol. The van der Waals surface area contributed by atoms with Crippen molar-refractivity contribution < 1.29 is 0 Å². The molecule has 0 radical (unpaired) electrons. The van der Waals surface area contributed by atoms with Crippen LogP contribution in [0.4, 0.5) is 0 Å². The molecule has 0 unspecified atom stereocenters. The van der Waals surface area contributed by atoms with Crippen molar-refractivity contribution in [2.24, 2.45) is 0 Å². The van der Waals surface area contributed by atoms with E-state index in [9.17, 15) is 0 Å². The van der Waals surface area contributed by atoms with Crippen molar-refractivity contribution in [3.8, 4) is 0 Å². The minimum absolute atomic E-state index is 1.08. The van der Waals surface area contributed by atoms with Crippen molar-refractivity contribution in [3.63, 3.8) is 0 Å². The number of hydrogen-bond donors (Lipinski definition) is 0. The first-order valence-electron chi connectivity index (χ1n) is 4.50. The Kier molecular flexibility index (Phi) is 4.01. The van der Waals surface area contributed by atoms with Crippen LogP contribution in [0.25, 0.3) is 0 Å². The Morgan fingerprint density at radius 1 is 0.667 bits per heavy atom. The molecule has 2 aromatic carbocycles. The fourth-order valence-electron chi connectivity index (χ4n) is 1.18. The van der Waals surface area contributed by atoms with E-state index in [0.29, 0.717) is 0 Å². The summed E-state index contributed by atoms with van der Waals surface area (Å²) in [7, 11) is 6.90. The van der Waals surface area contributed by atoms with Crippen LogP contribution in [0.1, 0.15) is 0 Å². The molecule has 0 aliphatic heterocycles. The van der Waals surface area contributed by atoms with Crippen LogP contribution in [0.15, 0.2) is 69.3 Å². The molecule has 0 fully saturated rings. The lowest BCUT2D eigenvalue weighted by Crippen LogP contribution is -1.73. The molecule has 2 aromatic rings. The van der Waals surface area contributed by atoms with E-state index in [0.717, 1.165) is 4.90 Å². The van der Waals surface area contributed by atoms with E-state index < -0.39 is 0 Å². The highest BCUT2D eigenvalue weighted by molar-refractivity contribution is 8.21. The molecule has 0 saturated carbocycles. The van der Waals surface area contributed by atoms with Crippen LogP contribution in [0.2, 0.25) is 0 Å². The first kappa shape index (κ1) is 10.9. The second-order valence-electron chi connectivity index (χ2n) is 2.96. The summed E-state index contributed by atoms with van der Waals surface area (Å²) in [4.78, 5) is 3.56. The molecule has 0 aromatic heterocycles. The summed E-state index contributed by atoms with van der Waals surface area (Å²) in [6.07, 6.45) is 0. The van der Waals surface area contributed by atoms with Gasteiger partial charge in [-0.2, -0.15) is 0 Å². The van der Waals surface area contributed by atoms with Crippen molar-refractivity contribution >= 4 is 33.4 Å². The maximum Gasteiger partial charge on any atom is 0.0234 e. The number of hydrogen-bond acceptors (Lipinski definition) is 2. The van der Waals surface area contributed by atoms with Gasteiger partial charge in [-0.25, -0.2) is 0 Å². The molecule has 0 heterocycles. The molecule has 0 amide bonds. The van der Waals surface area contributed by atoms with Crippen molar-refractivity contribution in [2.45, 2.75) is 14.7 Å². The summed E-state index contributed by atoms with van der Waals surface area (Å²) in [5.41, 5.74) is 0. The fourth-order valence-corrected chi connectivity index (χ4v) is 2.57. The fraction of sp³-hybridized carbons (Fsp3) is 0. The Bertz CT molecular complexity index is 411. The monoisotopic (exact) mass is 252 g/mol. The summed E-state index contributed by atoms with van der Waals surface area (Å²) in [5.74, 6) is 0. The van der Waals surface area contributed by atoms with E-state index >= 15 is 0 Å². The second-order valence-corrected chi connectivity index (χ2v) is 5.20. The average molecular weight is 253 g/mol. The van der Waals surface area contributed by atoms with Gasteiger partial charge in [-0.05, 0) is 58.1 Å². The van der Waals surface area contributed by atoms with Gasteiger partial charge in [0.25, 0.3) is 0 Å². The normalized spacial score (nSPS) is 10.2. The Hall–Kier alpha value is -0.570. The van der Waals surface area contributed by atoms with E-state index in [1.807, 2.05) is 30.3 Å². The van der Waals surface area contributed by atoms with E-state index in [-0.39, 0.29) is 0 Å². The van der Waals surface area contributed by atoms with Gasteiger partial charge in [0, 0.05) is 14.7 Å². The van der Waals surface area contributed by atoms with E-state index in [4.69, 9.17) is 10.7 Å². The zero-order valence-corrected chi connectivity index (χ0v) is 10.3. The Labute approximate surface area is 103 Å². The molecule has 0 saturated heterocycles. The topological polar surface area (TPSA) is 0 Å². The number of halogens is 1. The lowest BCUT2D eigenvalue weighted by atomic mass is 10.4. The SMILES string of the molecule is ClSc1ccc(Sc2ccccc2)cc1. The highest BCUT2D eigenvalue weighted by atomic mass is 35.7. The second kappa shape index (κ2) is 5.50. The minimum Gasteiger partial charge on any atom is -0.0901 e. The summed E-state index contributed by atoms with van der Waals surface area (Å²) in [5, 5.41) is 0. The standard InChI is InChI=1S/C12H9ClS2/c13-15-12-8-6-11(7-9-12)14-10-4-2-1-3-5-10/h1-9H. The van der Waals surface area contributed by atoms with Crippen molar-refractivity contribution in [1.82, 2.24) is 0 Å². The van der Waals surface area contributed by atoms with Gasteiger partial charge >= 0.3 is 0 Å². The van der Waals surface area contributed by atoms with Crippen LogP contribution in [0.3, 0.4) is 0 Å². The van der Waals surface area contributed by atoms with E-state index in [2.05, 4.69) is 24.3 Å². The molecule has 0 bridgehead atoms. The molecule has 0 nitrogen and oxygen atoms in total. The molecule has 0 N–H and O–H groups in total. The largest absolute Gasteiger partial charge is 0.0901 e.